The minimum atomic E-state index is -0.376. The number of aryl methyl sites for hydroxylation is 1. The van der Waals surface area contributed by atoms with Crippen molar-refractivity contribution in [1.82, 2.24) is 0 Å². The van der Waals surface area contributed by atoms with Crippen LogP contribution in [0.4, 0.5) is 0 Å². The quantitative estimate of drug-likeness (QED) is 0.284. The fourth-order valence-electron chi connectivity index (χ4n) is 2.54. The average Bonchev–Trinajstić information content (AvgIpc) is 2.62. The molecule has 2 aromatic rings. The Balaban J connectivity index is 2.23. The second kappa shape index (κ2) is 8.68. The van der Waals surface area contributed by atoms with Gasteiger partial charge < -0.3 is 14.7 Å². The van der Waals surface area contributed by atoms with E-state index in [-0.39, 0.29) is 5.97 Å². The Labute approximate surface area is 147 Å². The number of rotatable bonds is 6. The first-order valence-corrected chi connectivity index (χ1v) is 7.84. The summed E-state index contributed by atoms with van der Waals surface area (Å²) < 4.78 is 10.8. The van der Waals surface area contributed by atoms with Crippen molar-refractivity contribution in [2.24, 2.45) is 5.16 Å². The van der Waals surface area contributed by atoms with E-state index in [1.54, 1.807) is 19.1 Å². The topological polar surface area (TPSA) is 68.1 Å². The van der Waals surface area contributed by atoms with Gasteiger partial charge in [-0.1, -0.05) is 35.5 Å². The van der Waals surface area contributed by atoms with Crippen molar-refractivity contribution in [3.8, 4) is 5.75 Å². The molecular formula is C20H21NO4. The molecule has 0 aliphatic heterocycles. The number of esters is 1. The van der Waals surface area contributed by atoms with Crippen LogP contribution in [0.5, 0.6) is 5.75 Å². The van der Waals surface area contributed by atoms with Crippen LogP contribution in [0.3, 0.4) is 0 Å². The summed E-state index contributed by atoms with van der Waals surface area (Å²) in [6, 6.07) is 13.1. The van der Waals surface area contributed by atoms with Gasteiger partial charge in [-0.2, -0.15) is 0 Å². The van der Waals surface area contributed by atoms with Crippen molar-refractivity contribution < 1.29 is 19.5 Å². The molecule has 0 aromatic heterocycles. The molecule has 5 heteroatoms. The Morgan fingerprint density at radius 2 is 2.00 bits per heavy atom. The summed E-state index contributed by atoms with van der Waals surface area (Å²) >= 11 is 0. The van der Waals surface area contributed by atoms with Gasteiger partial charge in [-0.25, -0.2) is 4.79 Å². The zero-order valence-electron chi connectivity index (χ0n) is 14.5. The number of nitrogens with zero attached hydrogens (tertiary/aromatic N) is 1. The summed E-state index contributed by atoms with van der Waals surface area (Å²) in [6.07, 6.45) is 3.10. The van der Waals surface area contributed by atoms with Gasteiger partial charge in [0.1, 0.15) is 12.4 Å². The Morgan fingerprint density at radius 3 is 2.64 bits per heavy atom. The van der Waals surface area contributed by atoms with Crippen LogP contribution in [0.15, 0.2) is 53.7 Å². The number of hydrogen-bond acceptors (Lipinski definition) is 5. The second-order valence-electron chi connectivity index (χ2n) is 5.41. The lowest BCUT2D eigenvalue weighted by atomic mass is 10.00. The lowest BCUT2D eigenvalue weighted by molar-refractivity contribution is -0.133. The molecule has 0 fully saturated rings. The molecule has 0 spiro atoms. The Hall–Kier alpha value is -3.08. The molecule has 0 radical (unpaired) electrons. The van der Waals surface area contributed by atoms with Gasteiger partial charge in [-0.3, -0.25) is 0 Å². The first-order chi connectivity index (χ1) is 12.1. The van der Waals surface area contributed by atoms with E-state index in [2.05, 4.69) is 5.16 Å². The number of methoxy groups -OCH3 is 1. The molecule has 0 amide bonds. The smallest absolute Gasteiger partial charge is 0.338 e. The molecule has 0 aliphatic rings. The molecule has 2 rings (SSSR count). The van der Waals surface area contributed by atoms with Gasteiger partial charge in [-0.05, 0) is 54.3 Å². The highest BCUT2D eigenvalue weighted by molar-refractivity contribution is 6.16. The molecule has 0 aliphatic carbocycles. The van der Waals surface area contributed by atoms with Crippen LogP contribution in [0.1, 0.15) is 29.2 Å². The largest absolute Gasteiger partial charge is 0.489 e. The van der Waals surface area contributed by atoms with Gasteiger partial charge >= 0.3 is 5.97 Å². The maximum absolute atomic E-state index is 12.0. The fraction of sp³-hybridized carbons (Fsp3) is 0.200. The predicted molar refractivity (Wildman–Crippen MR) is 97.0 cm³/mol. The number of allylic oxidation sites excluding steroid dienone is 1. The lowest BCUT2D eigenvalue weighted by Gasteiger charge is -2.14. The molecule has 130 valence electrons. The number of carbonyl (C=O) groups excluding carboxylic acids is 1. The highest BCUT2D eigenvalue weighted by Crippen LogP contribution is 2.24. The molecule has 1 N–H and O–H groups in total. The first-order valence-electron chi connectivity index (χ1n) is 7.84. The van der Waals surface area contributed by atoms with Crippen LogP contribution in [-0.2, 0) is 16.1 Å². The third kappa shape index (κ3) is 4.47. The standard InChI is InChI=1S/C20H21NO4/c1-4-17(20(22)24-3)18-8-6-5-7-16(18)13-25-19-10-9-15(12-21-23)11-14(19)2/h4-12,23H,13H2,1-3H3. The zero-order chi connectivity index (χ0) is 18.2. The van der Waals surface area contributed by atoms with E-state index in [1.165, 1.54) is 13.3 Å². The van der Waals surface area contributed by atoms with Gasteiger partial charge in [0.2, 0.25) is 0 Å². The molecule has 0 bridgehead atoms. The van der Waals surface area contributed by atoms with Crippen molar-refractivity contribution in [2.75, 3.05) is 7.11 Å². The van der Waals surface area contributed by atoms with E-state index in [1.807, 2.05) is 43.3 Å². The summed E-state index contributed by atoms with van der Waals surface area (Å²) in [6.45, 7) is 4.04. The highest BCUT2D eigenvalue weighted by Gasteiger charge is 2.15. The Morgan fingerprint density at radius 1 is 1.24 bits per heavy atom. The van der Waals surface area contributed by atoms with Crippen molar-refractivity contribution in [3.05, 3.63) is 70.8 Å². The van der Waals surface area contributed by atoms with Gasteiger partial charge in [0.25, 0.3) is 0 Å². The third-order valence-corrected chi connectivity index (χ3v) is 3.79. The van der Waals surface area contributed by atoms with Gasteiger partial charge in [0, 0.05) is 0 Å². The molecule has 25 heavy (non-hydrogen) atoms. The maximum Gasteiger partial charge on any atom is 0.338 e. The van der Waals surface area contributed by atoms with Crippen LogP contribution in [0.2, 0.25) is 0 Å². The summed E-state index contributed by atoms with van der Waals surface area (Å²) in [5.74, 6) is 0.351. The zero-order valence-corrected chi connectivity index (χ0v) is 14.5. The van der Waals surface area contributed by atoms with E-state index in [9.17, 15) is 4.79 Å². The Bertz CT molecular complexity index is 809. The number of ether oxygens (including phenoxy) is 2. The fourth-order valence-corrected chi connectivity index (χ4v) is 2.54. The molecule has 0 heterocycles. The van der Waals surface area contributed by atoms with E-state index in [0.29, 0.717) is 12.2 Å². The molecule has 2 aromatic carbocycles. The van der Waals surface area contributed by atoms with Gasteiger partial charge in [0.15, 0.2) is 0 Å². The van der Waals surface area contributed by atoms with Crippen LogP contribution >= 0.6 is 0 Å². The molecule has 0 atom stereocenters. The van der Waals surface area contributed by atoms with Gasteiger partial charge in [0.05, 0.1) is 18.9 Å². The second-order valence-corrected chi connectivity index (χ2v) is 5.41. The molecule has 0 saturated heterocycles. The van der Waals surface area contributed by atoms with Crippen LogP contribution < -0.4 is 4.74 Å². The van der Waals surface area contributed by atoms with E-state index >= 15 is 0 Å². The third-order valence-electron chi connectivity index (χ3n) is 3.79. The van der Waals surface area contributed by atoms with Crippen molar-refractivity contribution in [1.29, 1.82) is 0 Å². The molecule has 0 saturated carbocycles. The summed E-state index contributed by atoms with van der Waals surface area (Å²) in [5.41, 5.74) is 3.90. The molecule has 5 nitrogen and oxygen atoms in total. The monoisotopic (exact) mass is 339 g/mol. The van der Waals surface area contributed by atoms with Crippen molar-refractivity contribution in [3.63, 3.8) is 0 Å². The van der Waals surface area contributed by atoms with Crippen molar-refractivity contribution >= 4 is 17.8 Å². The van der Waals surface area contributed by atoms with Gasteiger partial charge in [-0.15, -0.1) is 0 Å². The Kier molecular flexibility index (Phi) is 6.34. The number of carbonyl (C=O) groups is 1. The SMILES string of the molecule is CC=C(C(=O)OC)c1ccccc1COc1ccc(C=NO)cc1C. The first kappa shape index (κ1) is 18.3. The maximum atomic E-state index is 12.0. The van der Waals surface area contributed by atoms with E-state index in [4.69, 9.17) is 14.7 Å². The molecular weight excluding hydrogens is 318 g/mol. The molecule has 0 unspecified atom stereocenters. The van der Waals surface area contributed by atoms with Crippen LogP contribution in [0, 0.1) is 6.92 Å². The van der Waals surface area contributed by atoms with Crippen LogP contribution in [-0.4, -0.2) is 24.5 Å². The van der Waals surface area contributed by atoms with E-state index < -0.39 is 0 Å². The number of benzene rings is 2. The van der Waals surface area contributed by atoms with E-state index in [0.717, 1.165) is 28.0 Å². The van der Waals surface area contributed by atoms with Crippen LogP contribution in [0.25, 0.3) is 5.57 Å². The highest BCUT2D eigenvalue weighted by atomic mass is 16.5. The minimum absolute atomic E-state index is 0.318. The number of hydrogen-bond donors (Lipinski definition) is 1. The summed E-state index contributed by atoms with van der Waals surface area (Å²) in [7, 11) is 1.37. The summed E-state index contributed by atoms with van der Waals surface area (Å²) in [4.78, 5) is 12.0. The minimum Gasteiger partial charge on any atom is -0.489 e. The van der Waals surface area contributed by atoms with Crippen molar-refractivity contribution in [2.45, 2.75) is 20.5 Å². The average molecular weight is 339 g/mol. The number of oxime groups is 1. The summed E-state index contributed by atoms with van der Waals surface area (Å²) in [5, 5.41) is 11.6. The predicted octanol–water partition coefficient (Wildman–Crippen LogP) is 3.96. The normalized spacial score (nSPS) is 11.6. The lowest BCUT2D eigenvalue weighted by Crippen LogP contribution is -2.08.